The van der Waals surface area contributed by atoms with Gasteiger partial charge in [-0.2, -0.15) is 0 Å². The van der Waals surface area contributed by atoms with Crippen LogP contribution in [0.15, 0.2) is 67.0 Å². The van der Waals surface area contributed by atoms with Gasteiger partial charge < -0.3 is 5.32 Å². The number of hydrogen-bond acceptors (Lipinski definition) is 2. The van der Waals surface area contributed by atoms with E-state index in [1.54, 1.807) is 24.4 Å². The van der Waals surface area contributed by atoms with Crippen LogP contribution in [0.25, 0.3) is 11.1 Å². The van der Waals surface area contributed by atoms with Crippen molar-refractivity contribution in [2.24, 2.45) is 0 Å². The van der Waals surface area contributed by atoms with E-state index in [1.165, 1.54) is 18.3 Å². The van der Waals surface area contributed by atoms with Crippen molar-refractivity contribution in [1.82, 2.24) is 4.98 Å². The average molecular weight is 306 g/mol. The zero-order chi connectivity index (χ0) is 16.2. The Morgan fingerprint density at radius 3 is 2.52 bits per heavy atom. The largest absolute Gasteiger partial charge is 0.322 e. The van der Waals surface area contributed by atoms with Crippen molar-refractivity contribution < 1.29 is 9.18 Å². The molecular weight excluding hydrogens is 291 g/mol. The lowest BCUT2D eigenvalue weighted by Gasteiger charge is -2.07. The average Bonchev–Trinajstić information content (AvgIpc) is 2.56. The fraction of sp³-hybridized carbons (Fsp3) is 0.0526. The van der Waals surface area contributed by atoms with Gasteiger partial charge in [0, 0.05) is 23.6 Å². The Bertz CT molecular complexity index is 844. The second kappa shape index (κ2) is 6.40. The molecule has 114 valence electrons. The smallest absolute Gasteiger partial charge is 0.257 e. The predicted octanol–water partition coefficient (Wildman–Crippen LogP) is 4.45. The molecule has 1 heterocycles. The first-order chi connectivity index (χ1) is 11.1. The third-order valence-corrected chi connectivity index (χ3v) is 3.45. The SMILES string of the molecule is Cc1cccc(NC(=O)c2cncc(-c3ccc(F)cc3)c2)c1. The lowest BCUT2D eigenvalue weighted by Crippen LogP contribution is -2.12. The first-order valence-electron chi connectivity index (χ1n) is 7.21. The van der Waals surface area contributed by atoms with Crippen LogP contribution in [-0.2, 0) is 0 Å². The van der Waals surface area contributed by atoms with E-state index in [1.807, 2.05) is 31.2 Å². The summed E-state index contributed by atoms with van der Waals surface area (Å²) in [7, 11) is 0. The molecule has 0 aliphatic heterocycles. The lowest BCUT2D eigenvalue weighted by atomic mass is 10.1. The van der Waals surface area contributed by atoms with E-state index in [-0.39, 0.29) is 11.7 Å². The Hall–Kier alpha value is -3.01. The van der Waals surface area contributed by atoms with Gasteiger partial charge in [-0.05, 0) is 48.4 Å². The number of pyridine rings is 1. The van der Waals surface area contributed by atoms with Crippen LogP contribution in [0, 0.1) is 12.7 Å². The second-order valence-electron chi connectivity index (χ2n) is 5.29. The summed E-state index contributed by atoms with van der Waals surface area (Å²) < 4.78 is 13.0. The molecule has 0 saturated heterocycles. The third kappa shape index (κ3) is 3.61. The van der Waals surface area contributed by atoms with Gasteiger partial charge in [0.05, 0.1) is 5.56 Å². The fourth-order valence-electron chi connectivity index (χ4n) is 2.29. The molecule has 3 rings (SSSR count). The Morgan fingerprint density at radius 2 is 1.78 bits per heavy atom. The Balaban J connectivity index is 1.84. The summed E-state index contributed by atoms with van der Waals surface area (Å²) in [5.41, 5.74) is 3.84. The van der Waals surface area contributed by atoms with Crippen molar-refractivity contribution in [3.05, 3.63) is 83.9 Å². The Kier molecular flexibility index (Phi) is 4.15. The molecule has 0 aliphatic carbocycles. The van der Waals surface area contributed by atoms with E-state index in [0.717, 1.165) is 22.4 Å². The number of anilines is 1. The molecule has 0 fully saturated rings. The molecule has 1 amide bonds. The van der Waals surface area contributed by atoms with Gasteiger partial charge in [0.15, 0.2) is 0 Å². The summed E-state index contributed by atoms with van der Waals surface area (Å²) in [6.07, 6.45) is 3.16. The molecule has 1 N–H and O–H groups in total. The zero-order valence-corrected chi connectivity index (χ0v) is 12.6. The normalized spacial score (nSPS) is 10.3. The van der Waals surface area contributed by atoms with Crippen molar-refractivity contribution in [1.29, 1.82) is 0 Å². The Morgan fingerprint density at radius 1 is 1.00 bits per heavy atom. The first-order valence-corrected chi connectivity index (χ1v) is 7.21. The van der Waals surface area contributed by atoms with E-state index >= 15 is 0 Å². The number of nitrogens with one attached hydrogen (secondary N) is 1. The van der Waals surface area contributed by atoms with Gasteiger partial charge >= 0.3 is 0 Å². The molecule has 0 unspecified atom stereocenters. The molecule has 0 aliphatic rings. The van der Waals surface area contributed by atoms with Gasteiger partial charge in [0.25, 0.3) is 5.91 Å². The maximum absolute atomic E-state index is 13.0. The minimum absolute atomic E-state index is 0.230. The highest BCUT2D eigenvalue weighted by Gasteiger charge is 2.09. The van der Waals surface area contributed by atoms with E-state index in [0.29, 0.717) is 5.56 Å². The quantitative estimate of drug-likeness (QED) is 0.777. The summed E-state index contributed by atoms with van der Waals surface area (Å²) in [6.45, 7) is 1.96. The van der Waals surface area contributed by atoms with E-state index in [9.17, 15) is 9.18 Å². The summed E-state index contributed by atoms with van der Waals surface area (Å²) in [5, 5.41) is 2.85. The van der Waals surface area contributed by atoms with Gasteiger partial charge in [0.2, 0.25) is 0 Å². The van der Waals surface area contributed by atoms with Gasteiger partial charge in [0.1, 0.15) is 5.82 Å². The number of hydrogen-bond donors (Lipinski definition) is 1. The number of nitrogens with zero attached hydrogens (tertiary/aromatic N) is 1. The summed E-state index contributed by atoms with van der Waals surface area (Å²) in [4.78, 5) is 16.5. The number of aromatic nitrogens is 1. The molecule has 0 saturated carbocycles. The molecule has 0 radical (unpaired) electrons. The zero-order valence-electron chi connectivity index (χ0n) is 12.6. The van der Waals surface area contributed by atoms with Crippen LogP contribution < -0.4 is 5.32 Å². The van der Waals surface area contributed by atoms with Crippen LogP contribution in [0.3, 0.4) is 0 Å². The van der Waals surface area contributed by atoms with Crippen molar-refractivity contribution in [3.63, 3.8) is 0 Å². The highest BCUT2D eigenvalue weighted by Crippen LogP contribution is 2.20. The van der Waals surface area contributed by atoms with Crippen LogP contribution >= 0.6 is 0 Å². The van der Waals surface area contributed by atoms with Crippen LogP contribution in [0.4, 0.5) is 10.1 Å². The minimum Gasteiger partial charge on any atom is -0.322 e. The van der Waals surface area contributed by atoms with Crippen molar-refractivity contribution in [2.45, 2.75) is 6.92 Å². The van der Waals surface area contributed by atoms with E-state index in [4.69, 9.17) is 0 Å². The standard InChI is InChI=1S/C19H15FN2O/c1-13-3-2-4-18(9-13)22-19(23)16-10-15(11-21-12-16)14-5-7-17(20)8-6-14/h2-12H,1H3,(H,22,23). The highest BCUT2D eigenvalue weighted by atomic mass is 19.1. The van der Waals surface area contributed by atoms with E-state index in [2.05, 4.69) is 10.3 Å². The number of rotatable bonds is 3. The number of aryl methyl sites for hydroxylation is 1. The van der Waals surface area contributed by atoms with E-state index < -0.39 is 0 Å². The number of amides is 1. The number of halogens is 1. The molecule has 2 aromatic carbocycles. The maximum Gasteiger partial charge on any atom is 0.257 e. The number of carbonyl (C=O) groups is 1. The topological polar surface area (TPSA) is 42.0 Å². The first kappa shape index (κ1) is 14.9. The lowest BCUT2D eigenvalue weighted by molar-refractivity contribution is 0.102. The number of benzene rings is 2. The monoisotopic (exact) mass is 306 g/mol. The molecule has 0 bridgehead atoms. The summed E-state index contributed by atoms with van der Waals surface area (Å²) >= 11 is 0. The molecule has 23 heavy (non-hydrogen) atoms. The Labute approximate surface area is 133 Å². The summed E-state index contributed by atoms with van der Waals surface area (Å²) in [6, 6.07) is 15.4. The van der Waals surface area contributed by atoms with Crippen molar-refractivity contribution in [2.75, 3.05) is 5.32 Å². The van der Waals surface area contributed by atoms with Gasteiger partial charge in [-0.15, -0.1) is 0 Å². The van der Waals surface area contributed by atoms with Gasteiger partial charge in [-0.3, -0.25) is 9.78 Å². The third-order valence-electron chi connectivity index (χ3n) is 3.45. The molecule has 3 nitrogen and oxygen atoms in total. The highest BCUT2D eigenvalue weighted by molar-refractivity contribution is 6.04. The fourth-order valence-corrected chi connectivity index (χ4v) is 2.29. The maximum atomic E-state index is 13.0. The van der Waals surface area contributed by atoms with Crippen LogP contribution in [-0.4, -0.2) is 10.9 Å². The summed E-state index contributed by atoms with van der Waals surface area (Å²) in [5.74, 6) is -0.526. The second-order valence-corrected chi connectivity index (χ2v) is 5.29. The van der Waals surface area contributed by atoms with Gasteiger partial charge in [-0.1, -0.05) is 24.3 Å². The predicted molar refractivity (Wildman–Crippen MR) is 88.8 cm³/mol. The van der Waals surface area contributed by atoms with Gasteiger partial charge in [-0.25, -0.2) is 4.39 Å². The molecular formula is C19H15FN2O. The molecule has 0 atom stereocenters. The van der Waals surface area contributed by atoms with Crippen LogP contribution in [0.1, 0.15) is 15.9 Å². The minimum atomic E-state index is -0.296. The molecule has 1 aromatic heterocycles. The molecule has 3 aromatic rings. The van der Waals surface area contributed by atoms with Crippen LogP contribution in [0.2, 0.25) is 0 Å². The van der Waals surface area contributed by atoms with Crippen molar-refractivity contribution >= 4 is 11.6 Å². The van der Waals surface area contributed by atoms with Crippen molar-refractivity contribution in [3.8, 4) is 11.1 Å². The number of carbonyl (C=O) groups excluding carboxylic acids is 1. The molecule has 0 spiro atoms. The van der Waals surface area contributed by atoms with Crippen LogP contribution in [0.5, 0.6) is 0 Å². The molecule has 4 heteroatoms.